The van der Waals surface area contributed by atoms with Gasteiger partial charge in [-0.2, -0.15) is 11.8 Å². The molecule has 6 heteroatoms. The number of amides is 1. The van der Waals surface area contributed by atoms with Gasteiger partial charge in [0.15, 0.2) is 0 Å². The second-order valence-electron chi connectivity index (χ2n) is 2.73. The standard InChI is InChI=1S/C9H12ClN3OS/c10-7-2-1-3-8(12-7)13-9(14)6-15-5-4-11/h1-3H,4-6,11H2,(H,12,13,14). The van der Waals surface area contributed by atoms with E-state index in [2.05, 4.69) is 10.3 Å². The molecule has 0 radical (unpaired) electrons. The smallest absolute Gasteiger partial charge is 0.235 e. The van der Waals surface area contributed by atoms with Crippen LogP contribution in [-0.4, -0.2) is 28.9 Å². The molecule has 0 unspecified atom stereocenters. The second kappa shape index (κ2) is 6.66. The molecule has 1 amide bonds. The molecule has 0 saturated carbocycles. The summed E-state index contributed by atoms with van der Waals surface area (Å²) in [6.45, 7) is 0.577. The number of hydrogen-bond acceptors (Lipinski definition) is 4. The lowest BCUT2D eigenvalue weighted by Crippen LogP contribution is -2.16. The van der Waals surface area contributed by atoms with Gasteiger partial charge in [-0.05, 0) is 12.1 Å². The molecule has 0 atom stereocenters. The van der Waals surface area contributed by atoms with E-state index in [0.717, 1.165) is 5.75 Å². The van der Waals surface area contributed by atoms with E-state index < -0.39 is 0 Å². The SMILES string of the molecule is NCCSCC(=O)Nc1cccc(Cl)n1. The molecule has 82 valence electrons. The summed E-state index contributed by atoms with van der Waals surface area (Å²) < 4.78 is 0. The Morgan fingerprint density at radius 3 is 3.07 bits per heavy atom. The average Bonchev–Trinajstić information content (AvgIpc) is 2.18. The average molecular weight is 246 g/mol. The zero-order valence-corrected chi connectivity index (χ0v) is 9.64. The summed E-state index contributed by atoms with van der Waals surface area (Å²) >= 11 is 7.16. The van der Waals surface area contributed by atoms with Crippen LogP contribution in [0.2, 0.25) is 5.15 Å². The zero-order chi connectivity index (χ0) is 11.1. The molecular weight excluding hydrogens is 234 g/mol. The van der Waals surface area contributed by atoms with Gasteiger partial charge in [-0.15, -0.1) is 0 Å². The predicted octanol–water partition coefficient (Wildman–Crippen LogP) is 1.37. The number of pyridine rings is 1. The molecule has 1 aromatic rings. The number of halogens is 1. The van der Waals surface area contributed by atoms with Crippen LogP contribution in [0.3, 0.4) is 0 Å². The lowest BCUT2D eigenvalue weighted by molar-refractivity contribution is -0.113. The van der Waals surface area contributed by atoms with Crippen molar-refractivity contribution in [2.24, 2.45) is 5.73 Å². The molecule has 15 heavy (non-hydrogen) atoms. The normalized spacial score (nSPS) is 10.0. The second-order valence-corrected chi connectivity index (χ2v) is 4.23. The molecule has 1 rings (SSSR count). The van der Waals surface area contributed by atoms with E-state index >= 15 is 0 Å². The van der Waals surface area contributed by atoms with Crippen molar-refractivity contribution in [3.8, 4) is 0 Å². The maximum absolute atomic E-state index is 11.3. The van der Waals surface area contributed by atoms with Gasteiger partial charge in [-0.25, -0.2) is 4.98 Å². The highest BCUT2D eigenvalue weighted by Gasteiger charge is 2.03. The van der Waals surface area contributed by atoms with Crippen molar-refractivity contribution in [3.63, 3.8) is 0 Å². The maximum atomic E-state index is 11.3. The number of nitrogens with two attached hydrogens (primary N) is 1. The Balaban J connectivity index is 2.37. The van der Waals surface area contributed by atoms with Gasteiger partial charge in [0.1, 0.15) is 11.0 Å². The first kappa shape index (κ1) is 12.3. The minimum Gasteiger partial charge on any atom is -0.330 e. The van der Waals surface area contributed by atoms with Gasteiger partial charge in [0, 0.05) is 12.3 Å². The van der Waals surface area contributed by atoms with Crippen molar-refractivity contribution in [3.05, 3.63) is 23.4 Å². The van der Waals surface area contributed by atoms with E-state index in [1.807, 2.05) is 0 Å². The minimum absolute atomic E-state index is 0.0942. The van der Waals surface area contributed by atoms with Gasteiger partial charge in [0.25, 0.3) is 0 Å². The molecule has 0 aliphatic carbocycles. The van der Waals surface area contributed by atoms with Crippen LogP contribution < -0.4 is 11.1 Å². The van der Waals surface area contributed by atoms with Gasteiger partial charge in [0.05, 0.1) is 5.75 Å². The molecule has 0 aliphatic rings. The van der Waals surface area contributed by atoms with Gasteiger partial charge in [-0.3, -0.25) is 4.79 Å². The van der Waals surface area contributed by atoms with Crippen LogP contribution in [0.15, 0.2) is 18.2 Å². The summed E-state index contributed by atoms with van der Waals surface area (Å²) in [5, 5.41) is 3.01. The van der Waals surface area contributed by atoms with Crippen LogP contribution in [0.4, 0.5) is 5.82 Å². The van der Waals surface area contributed by atoms with Gasteiger partial charge in [0.2, 0.25) is 5.91 Å². The fraction of sp³-hybridized carbons (Fsp3) is 0.333. The minimum atomic E-state index is -0.0942. The van der Waals surface area contributed by atoms with Crippen molar-refractivity contribution in [1.29, 1.82) is 0 Å². The third-order valence-corrected chi connectivity index (χ3v) is 2.68. The fourth-order valence-electron chi connectivity index (χ4n) is 0.905. The van der Waals surface area contributed by atoms with Crippen molar-refractivity contribution in [1.82, 2.24) is 4.98 Å². The van der Waals surface area contributed by atoms with Crippen molar-refractivity contribution >= 4 is 35.1 Å². The number of rotatable bonds is 5. The summed E-state index contributed by atoms with van der Waals surface area (Å²) in [7, 11) is 0. The number of anilines is 1. The Bertz CT molecular complexity index is 335. The monoisotopic (exact) mass is 245 g/mol. The van der Waals surface area contributed by atoms with Crippen LogP contribution in [0, 0.1) is 0 Å². The summed E-state index contributed by atoms with van der Waals surface area (Å²) in [4.78, 5) is 15.3. The van der Waals surface area contributed by atoms with Gasteiger partial charge in [-0.1, -0.05) is 17.7 Å². The summed E-state index contributed by atoms with van der Waals surface area (Å²) in [5.41, 5.74) is 5.30. The molecule has 0 aromatic carbocycles. The Morgan fingerprint density at radius 1 is 1.60 bits per heavy atom. The fourth-order valence-corrected chi connectivity index (χ4v) is 1.64. The van der Waals surface area contributed by atoms with Crippen LogP contribution in [-0.2, 0) is 4.79 Å². The van der Waals surface area contributed by atoms with Crippen LogP contribution in [0.5, 0.6) is 0 Å². The van der Waals surface area contributed by atoms with E-state index in [1.165, 1.54) is 11.8 Å². The third-order valence-electron chi connectivity index (χ3n) is 1.48. The molecule has 4 nitrogen and oxygen atoms in total. The predicted molar refractivity (Wildman–Crippen MR) is 64.3 cm³/mol. The zero-order valence-electron chi connectivity index (χ0n) is 8.07. The largest absolute Gasteiger partial charge is 0.330 e. The van der Waals surface area contributed by atoms with E-state index in [1.54, 1.807) is 18.2 Å². The number of carbonyl (C=O) groups excluding carboxylic acids is 1. The molecule has 1 heterocycles. The van der Waals surface area contributed by atoms with Crippen molar-refractivity contribution in [2.45, 2.75) is 0 Å². The van der Waals surface area contributed by atoms with Gasteiger partial charge >= 0.3 is 0 Å². The Labute approximate surface area is 97.6 Å². The molecule has 0 fully saturated rings. The molecule has 0 spiro atoms. The highest BCUT2D eigenvalue weighted by atomic mass is 35.5. The van der Waals surface area contributed by atoms with Crippen LogP contribution >= 0.6 is 23.4 Å². The van der Waals surface area contributed by atoms with Crippen molar-refractivity contribution in [2.75, 3.05) is 23.4 Å². The lowest BCUT2D eigenvalue weighted by Gasteiger charge is -2.03. The number of hydrogen-bond donors (Lipinski definition) is 2. The Morgan fingerprint density at radius 2 is 2.40 bits per heavy atom. The molecule has 1 aromatic heterocycles. The summed E-state index contributed by atoms with van der Waals surface area (Å²) in [6, 6.07) is 5.08. The number of nitrogens with one attached hydrogen (secondary N) is 1. The first-order valence-corrected chi connectivity index (χ1v) is 5.96. The van der Waals surface area contributed by atoms with Crippen molar-refractivity contribution < 1.29 is 4.79 Å². The first-order chi connectivity index (χ1) is 7.22. The number of nitrogens with zero attached hydrogens (tertiary/aromatic N) is 1. The molecular formula is C9H12ClN3OS. The summed E-state index contributed by atoms with van der Waals surface area (Å²) in [6.07, 6.45) is 0. The highest BCUT2D eigenvalue weighted by Crippen LogP contribution is 2.09. The van der Waals surface area contributed by atoms with E-state index in [9.17, 15) is 4.79 Å². The number of carbonyl (C=O) groups is 1. The van der Waals surface area contributed by atoms with Crippen LogP contribution in [0.25, 0.3) is 0 Å². The first-order valence-electron chi connectivity index (χ1n) is 4.42. The lowest BCUT2D eigenvalue weighted by atomic mass is 10.4. The topological polar surface area (TPSA) is 68.0 Å². The highest BCUT2D eigenvalue weighted by molar-refractivity contribution is 7.99. The Kier molecular flexibility index (Phi) is 5.45. The van der Waals surface area contributed by atoms with E-state index in [-0.39, 0.29) is 5.91 Å². The molecule has 3 N–H and O–H groups in total. The number of thioether (sulfide) groups is 1. The van der Waals surface area contributed by atoms with Crippen LogP contribution in [0.1, 0.15) is 0 Å². The molecule has 0 aliphatic heterocycles. The van der Waals surface area contributed by atoms with Gasteiger partial charge < -0.3 is 11.1 Å². The van der Waals surface area contributed by atoms with E-state index in [4.69, 9.17) is 17.3 Å². The molecule has 0 saturated heterocycles. The van der Waals surface area contributed by atoms with E-state index in [0.29, 0.717) is 23.3 Å². The quantitative estimate of drug-likeness (QED) is 0.607. The summed E-state index contributed by atoms with van der Waals surface area (Å²) in [5.74, 6) is 1.53. The maximum Gasteiger partial charge on any atom is 0.235 e. The molecule has 0 bridgehead atoms. The third kappa shape index (κ3) is 5.01. The Hall–Kier alpha value is -0.780. The number of aromatic nitrogens is 1.